The molecule has 17 heavy (non-hydrogen) atoms. The highest BCUT2D eigenvalue weighted by Crippen LogP contribution is 2.25. The van der Waals surface area contributed by atoms with Crippen molar-refractivity contribution < 1.29 is 9.53 Å². The molecule has 0 bridgehead atoms. The molecule has 1 aromatic rings. The Morgan fingerprint density at radius 1 is 1.47 bits per heavy atom. The van der Waals surface area contributed by atoms with Gasteiger partial charge in [-0.2, -0.15) is 0 Å². The lowest BCUT2D eigenvalue weighted by molar-refractivity contribution is -0.140. The highest BCUT2D eigenvalue weighted by Gasteiger charge is 2.28. The van der Waals surface area contributed by atoms with Gasteiger partial charge in [0.2, 0.25) is 0 Å². The number of nitrogens with zero attached hydrogens (tertiary/aromatic N) is 1. The van der Waals surface area contributed by atoms with E-state index in [0.717, 1.165) is 15.6 Å². The van der Waals surface area contributed by atoms with Gasteiger partial charge in [0, 0.05) is 12.0 Å². The van der Waals surface area contributed by atoms with Crippen LogP contribution >= 0.6 is 11.3 Å². The SMILES string of the molecule is COC(C)(C)C(=O)NC(C)c1sc(C)nc1C. The van der Waals surface area contributed by atoms with Crippen molar-refractivity contribution in [3.63, 3.8) is 0 Å². The first-order valence-electron chi connectivity index (χ1n) is 5.58. The Balaban J connectivity index is 2.77. The molecule has 0 saturated heterocycles. The van der Waals surface area contributed by atoms with Crippen molar-refractivity contribution in [2.75, 3.05) is 7.11 Å². The molecular weight excluding hydrogens is 236 g/mol. The molecule has 0 aliphatic heterocycles. The molecule has 1 rings (SSSR count). The lowest BCUT2D eigenvalue weighted by Crippen LogP contribution is -2.44. The maximum atomic E-state index is 11.9. The zero-order valence-corrected chi connectivity index (χ0v) is 12.1. The fraction of sp³-hybridized carbons (Fsp3) is 0.667. The van der Waals surface area contributed by atoms with Crippen LogP contribution in [0.15, 0.2) is 0 Å². The van der Waals surface area contributed by atoms with Crippen LogP contribution in [0.5, 0.6) is 0 Å². The summed E-state index contributed by atoms with van der Waals surface area (Å²) in [5, 5.41) is 3.97. The summed E-state index contributed by atoms with van der Waals surface area (Å²) in [5.41, 5.74) is 0.178. The number of hydrogen-bond donors (Lipinski definition) is 1. The monoisotopic (exact) mass is 256 g/mol. The summed E-state index contributed by atoms with van der Waals surface area (Å²) in [6.07, 6.45) is 0. The van der Waals surface area contributed by atoms with E-state index in [-0.39, 0.29) is 11.9 Å². The number of ether oxygens (including phenoxy) is 1. The summed E-state index contributed by atoms with van der Waals surface area (Å²) in [5.74, 6) is -0.113. The smallest absolute Gasteiger partial charge is 0.252 e. The van der Waals surface area contributed by atoms with Crippen LogP contribution < -0.4 is 5.32 Å². The summed E-state index contributed by atoms with van der Waals surface area (Å²) in [6, 6.07) is -0.0388. The van der Waals surface area contributed by atoms with Gasteiger partial charge in [0.1, 0.15) is 5.60 Å². The highest BCUT2D eigenvalue weighted by atomic mass is 32.1. The van der Waals surface area contributed by atoms with E-state index in [0.29, 0.717) is 0 Å². The van der Waals surface area contributed by atoms with Gasteiger partial charge >= 0.3 is 0 Å². The summed E-state index contributed by atoms with van der Waals surface area (Å²) >= 11 is 1.62. The Kier molecular flexibility index (Phi) is 4.27. The van der Waals surface area contributed by atoms with Crippen molar-refractivity contribution in [2.24, 2.45) is 0 Å². The van der Waals surface area contributed by atoms with Crippen LogP contribution in [0, 0.1) is 13.8 Å². The van der Waals surface area contributed by atoms with Crippen LogP contribution in [0.25, 0.3) is 0 Å². The molecule has 1 aromatic heterocycles. The molecule has 0 aromatic carbocycles. The normalized spacial score (nSPS) is 13.5. The van der Waals surface area contributed by atoms with E-state index in [9.17, 15) is 4.79 Å². The van der Waals surface area contributed by atoms with Gasteiger partial charge in [-0.25, -0.2) is 4.98 Å². The number of hydrogen-bond acceptors (Lipinski definition) is 4. The Bertz CT molecular complexity index is 413. The maximum Gasteiger partial charge on any atom is 0.252 e. The van der Waals surface area contributed by atoms with Gasteiger partial charge in [-0.05, 0) is 34.6 Å². The van der Waals surface area contributed by atoms with Gasteiger partial charge in [0.05, 0.1) is 16.7 Å². The molecule has 1 atom stereocenters. The largest absolute Gasteiger partial charge is 0.369 e. The molecule has 1 unspecified atom stereocenters. The number of aryl methyl sites for hydroxylation is 2. The predicted molar refractivity (Wildman–Crippen MR) is 69.2 cm³/mol. The molecule has 5 heteroatoms. The van der Waals surface area contributed by atoms with Gasteiger partial charge in [0.25, 0.3) is 5.91 Å². The lowest BCUT2D eigenvalue weighted by Gasteiger charge is -2.24. The first-order chi connectivity index (χ1) is 7.77. The highest BCUT2D eigenvalue weighted by molar-refractivity contribution is 7.11. The molecule has 0 fully saturated rings. The van der Waals surface area contributed by atoms with Crippen molar-refractivity contribution in [1.82, 2.24) is 10.3 Å². The minimum Gasteiger partial charge on any atom is -0.369 e. The Morgan fingerprint density at radius 3 is 2.47 bits per heavy atom. The van der Waals surface area contributed by atoms with Gasteiger partial charge in [0.15, 0.2) is 0 Å². The minimum atomic E-state index is -0.804. The Hall–Kier alpha value is -0.940. The third kappa shape index (κ3) is 3.26. The first kappa shape index (κ1) is 14.1. The van der Waals surface area contributed by atoms with Crippen LogP contribution in [0.2, 0.25) is 0 Å². The van der Waals surface area contributed by atoms with E-state index in [1.165, 1.54) is 7.11 Å². The topological polar surface area (TPSA) is 51.2 Å². The predicted octanol–water partition coefficient (Wildman–Crippen LogP) is 2.36. The number of amides is 1. The summed E-state index contributed by atoms with van der Waals surface area (Å²) in [6.45, 7) is 9.39. The molecule has 4 nitrogen and oxygen atoms in total. The van der Waals surface area contributed by atoms with Gasteiger partial charge in [-0.3, -0.25) is 4.79 Å². The zero-order chi connectivity index (χ0) is 13.2. The second-order valence-electron chi connectivity index (χ2n) is 4.59. The van der Waals surface area contributed by atoms with Crippen molar-refractivity contribution in [3.8, 4) is 0 Å². The van der Waals surface area contributed by atoms with Crippen molar-refractivity contribution in [2.45, 2.75) is 46.3 Å². The third-order valence-corrected chi connectivity index (χ3v) is 3.99. The molecule has 1 heterocycles. The van der Waals surface area contributed by atoms with E-state index in [1.54, 1.807) is 25.2 Å². The Labute approximate surface area is 106 Å². The van der Waals surface area contributed by atoms with Gasteiger partial charge < -0.3 is 10.1 Å². The average Bonchev–Trinajstić information content (AvgIpc) is 2.57. The molecule has 96 valence electrons. The number of carbonyl (C=O) groups excluding carboxylic acids is 1. The van der Waals surface area contributed by atoms with Crippen LogP contribution in [0.1, 0.15) is 42.4 Å². The van der Waals surface area contributed by atoms with Crippen LogP contribution in [-0.2, 0) is 9.53 Å². The maximum absolute atomic E-state index is 11.9. The van der Waals surface area contributed by atoms with Crippen LogP contribution in [0.4, 0.5) is 0 Å². The van der Waals surface area contributed by atoms with Gasteiger partial charge in [-0.1, -0.05) is 0 Å². The van der Waals surface area contributed by atoms with Crippen molar-refractivity contribution in [1.29, 1.82) is 0 Å². The summed E-state index contributed by atoms with van der Waals surface area (Å²) < 4.78 is 5.15. The van der Waals surface area contributed by atoms with Gasteiger partial charge in [-0.15, -0.1) is 11.3 Å². The van der Waals surface area contributed by atoms with Crippen LogP contribution in [-0.4, -0.2) is 23.6 Å². The number of rotatable bonds is 4. The molecule has 0 radical (unpaired) electrons. The lowest BCUT2D eigenvalue weighted by atomic mass is 10.1. The van der Waals surface area contributed by atoms with E-state index in [2.05, 4.69) is 10.3 Å². The molecule has 0 saturated carbocycles. The molecule has 0 spiro atoms. The van der Waals surface area contributed by atoms with E-state index in [4.69, 9.17) is 4.74 Å². The van der Waals surface area contributed by atoms with Crippen LogP contribution in [0.3, 0.4) is 0 Å². The minimum absolute atomic E-state index is 0.0388. The number of thiazole rings is 1. The van der Waals surface area contributed by atoms with E-state index < -0.39 is 5.60 Å². The Morgan fingerprint density at radius 2 is 2.06 bits per heavy atom. The fourth-order valence-electron chi connectivity index (χ4n) is 1.48. The second-order valence-corrected chi connectivity index (χ2v) is 5.83. The number of nitrogens with one attached hydrogen (secondary N) is 1. The molecule has 0 aliphatic rings. The number of methoxy groups -OCH3 is 1. The van der Waals surface area contributed by atoms with Crippen molar-refractivity contribution in [3.05, 3.63) is 15.6 Å². The van der Waals surface area contributed by atoms with E-state index >= 15 is 0 Å². The third-order valence-electron chi connectivity index (χ3n) is 2.74. The second kappa shape index (κ2) is 5.14. The average molecular weight is 256 g/mol. The first-order valence-corrected chi connectivity index (χ1v) is 6.39. The molecule has 0 aliphatic carbocycles. The molecule has 1 amide bonds. The quantitative estimate of drug-likeness (QED) is 0.899. The fourth-order valence-corrected chi connectivity index (χ4v) is 2.41. The number of aromatic nitrogens is 1. The molecule has 1 N–H and O–H groups in total. The standard InChI is InChI=1S/C12H20N2O2S/c1-7-10(17-9(3)13-7)8(2)14-11(15)12(4,5)16-6/h8H,1-6H3,(H,14,15). The molecular formula is C12H20N2O2S. The summed E-state index contributed by atoms with van der Waals surface area (Å²) in [7, 11) is 1.53. The van der Waals surface area contributed by atoms with E-state index in [1.807, 2.05) is 20.8 Å². The summed E-state index contributed by atoms with van der Waals surface area (Å²) in [4.78, 5) is 17.4. The number of carbonyl (C=O) groups is 1. The zero-order valence-electron chi connectivity index (χ0n) is 11.2. The van der Waals surface area contributed by atoms with Crippen molar-refractivity contribution >= 4 is 17.2 Å².